The highest BCUT2D eigenvalue weighted by atomic mass is 16.7. The van der Waals surface area contributed by atoms with Crippen LogP contribution in [0.4, 0.5) is 5.82 Å². The van der Waals surface area contributed by atoms with Crippen LogP contribution >= 0.6 is 0 Å². The maximum atomic E-state index is 13.0. The largest absolute Gasteiger partial charge is 0.486 e. The first kappa shape index (κ1) is 18.1. The monoisotopic (exact) mass is 420 g/mol. The maximum Gasteiger partial charge on any atom is 0.254 e. The van der Waals surface area contributed by atoms with Gasteiger partial charge in [0.1, 0.15) is 25.4 Å². The molecular weight excluding hydrogens is 400 g/mol. The minimum atomic E-state index is -0.00915. The van der Waals surface area contributed by atoms with Crippen LogP contribution in [0.15, 0.2) is 36.7 Å². The Morgan fingerprint density at radius 3 is 2.39 bits per heavy atom. The molecule has 9 heteroatoms. The number of hydrogen-bond donors (Lipinski definition) is 0. The van der Waals surface area contributed by atoms with Crippen LogP contribution in [0.3, 0.4) is 0 Å². The van der Waals surface area contributed by atoms with Gasteiger partial charge in [0.2, 0.25) is 6.79 Å². The molecule has 1 fully saturated rings. The Morgan fingerprint density at radius 2 is 1.55 bits per heavy atom. The summed E-state index contributed by atoms with van der Waals surface area (Å²) in [5.41, 5.74) is 1.42. The number of piperazine rings is 1. The Morgan fingerprint density at radius 1 is 0.806 bits per heavy atom. The molecule has 4 heterocycles. The van der Waals surface area contributed by atoms with Gasteiger partial charge in [-0.1, -0.05) is 0 Å². The summed E-state index contributed by atoms with van der Waals surface area (Å²) in [7, 11) is 0. The number of amides is 1. The van der Waals surface area contributed by atoms with Crippen molar-refractivity contribution in [3.05, 3.63) is 42.2 Å². The molecule has 0 radical (unpaired) electrons. The van der Waals surface area contributed by atoms with E-state index in [9.17, 15) is 4.79 Å². The van der Waals surface area contributed by atoms with Crippen molar-refractivity contribution in [1.29, 1.82) is 0 Å². The van der Waals surface area contributed by atoms with Gasteiger partial charge in [0.15, 0.2) is 23.0 Å². The average Bonchev–Trinajstić information content (AvgIpc) is 3.30. The molecule has 1 amide bonds. The Labute approximate surface area is 178 Å². The number of carbonyl (C=O) groups is 1. The summed E-state index contributed by atoms with van der Waals surface area (Å²) in [5, 5.41) is 0.919. The highest BCUT2D eigenvalue weighted by Crippen LogP contribution is 2.37. The Hall–Kier alpha value is -3.75. The van der Waals surface area contributed by atoms with Crippen LogP contribution in [-0.2, 0) is 0 Å². The zero-order valence-electron chi connectivity index (χ0n) is 16.7. The third-order valence-corrected chi connectivity index (χ3v) is 5.76. The van der Waals surface area contributed by atoms with Crippen LogP contribution < -0.4 is 23.8 Å². The number of anilines is 1. The molecule has 3 aliphatic heterocycles. The summed E-state index contributed by atoms with van der Waals surface area (Å²) >= 11 is 0. The van der Waals surface area contributed by atoms with Gasteiger partial charge in [-0.2, -0.15) is 0 Å². The zero-order valence-corrected chi connectivity index (χ0v) is 16.7. The van der Waals surface area contributed by atoms with E-state index in [1.807, 2.05) is 17.0 Å². The van der Waals surface area contributed by atoms with Crippen molar-refractivity contribution in [2.24, 2.45) is 0 Å². The van der Waals surface area contributed by atoms with E-state index in [2.05, 4.69) is 14.9 Å². The molecule has 6 rings (SSSR count). The van der Waals surface area contributed by atoms with Gasteiger partial charge in [-0.25, -0.2) is 9.97 Å². The van der Waals surface area contributed by atoms with Crippen LogP contribution in [0.2, 0.25) is 0 Å². The fourth-order valence-corrected chi connectivity index (χ4v) is 4.16. The third kappa shape index (κ3) is 3.13. The summed E-state index contributed by atoms with van der Waals surface area (Å²) in [5.74, 6) is 3.55. The number of rotatable bonds is 2. The molecule has 0 atom stereocenters. The second kappa shape index (κ2) is 7.19. The van der Waals surface area contributed by atoms with E-state index in [4.69, 9.17) is 18.9 Å². The van der Waals surface area contributed by atoms with Crippen molar-refractivity contribution in [2.45, 2.75) is 0 Å². The second-order valence-electron chi connectivity index (χ2n) is 7.56. The zero-order chi connectivity index (χ0) is 20.8. The third-order valence-electron chi connectivity index (χ3n) is 5.76. The van der Waals surface area contributed by atoms with E-state index in [0.29, 0.717) is 68.0 Å². The minimum absolute atomic E-state index is 0.00915. The van der Waals surface area contributed by atoms with Crippen LogP contribution in [0.5, 0.6) is 23.0 Å². The van der Waals surface area contributed by atoms with Gasteiger partial charge >= 0.3 is 0 Å². The molecule has 0 unspecified atom stereocenters. The van der Waals surface area contributed by atoms with Gasteiger partial charge < -0.3 is 28.7 Å². The Kier molecular flexibility index (Phi) is 4.19. The first-order valence-corrected chi connectivity index (χ1v) is 10.2. The number of ether oxygens (including phenoxy) is 4. The lowest BCUT2D eigenvalue weighted by molar-refractivity contribution is 0.0746. The summed E-state index contributed by atoms with van der Waals surface area (Å²) in [4.78, 5) is 25.9. The van der Waals surface area contributed by atoms with Crippen molar-refractivity contribution in [3.63, 3.8) is 0 Å². The van der Waals surface area contributed by atoms with E-state index in [0.717, 1.165) is 16.7 Å². The SMILES string of the molecule is O=C(c1ccc2c(c1)OCO2)N1CCN(c2ncnc3cc4c(cc23)OCCO4)CC1. The number of aromatic nitrogens is 2. The van der Waals surface area contributed by atoms with E-state index in [-0.39, 0.29) is 12.7 Å². The molecule has 0 spiro atoms. The fraction of sp³-hybridized carbons (Fsp3) is 0.318. The van der Waals surface area contributed by atoms with Crippen molar-refractivity contribution < 1.29 is 23.7 Å². The standard InChI is InChI=1S/C22H20N4O5/c27-22(14-1-2-17-18(9-14)31-13-30-17)26-5-3-25(4-6-26)21-15-10-19-20(29-8-7-28-19)11-16(15)23-12-24-21/h1-2,9-12H,3-8,13H2. The molecule has 2 aromatic carbocycles. The van der Waals surface area contributed by atoms with Crippen molar-refractivity contribution in [3.8, 4) is 23.0 Å². The van der Waals surface area contributed by atoms with E-state index < -0.39 is 0 Å². The number of hydrogen-bond acceptors (Lipinski definition) is 8. The van der Waals surface area contributed by atoms with Crippen LogP contribution in [0.25, 0.3) is 10.9 Å². The number of fused-ring (bicyclic) bond motifs is 3. The molecule has 9 nitrogen and oxygen atoms in total. The molecular formula is C22H20N4O5. The number of benzene rings is 2. The van der Waals surface area contributed by atoms with Gasteiger partial charge in [0, 0.05) is 43.2 Å². The highest BCUT2D eigenvalue weighted by molar-refractivity contribution is 5.95. The summed E-state index contributed by atoms with van der Waals surface area (Å²) in [6, 6.07) is 9.16. The second-order valence-corrected chi connectivity index (χ2v) is 7.56. The van der Waals surface area contributed by atoms with Gasteiger partial charge in [0.05, 0.1) is 5.52 Å². The van der Waals surface area contributed by atoms with E-state index >= 15 is 0 Å². The van der Waals surface area contributed by atoms with Crippen molar-refractivity contribution in [2.75, 3.05) is 51.1 Å². The topological polar surface area (TPSA) is 86.3 Å². The lowest BCUT2D eigenvalue weighted by Crippen LogP contribution is -2.49. The van der Waals surface area contributed by atoms with Gasteiger partial charge in [0.25, 0.3) is 5.91 Å². The normalized spacial score (nSPS) is 17.2. The van der Waals surface area contributed by atoms with Gasteiger partial charge in [-0.15, -0.1) is 0 Å². The lowest BCUT2D eigenvalue weighted by Gasteiger charge is -2.36. The van der Waals surface area contributed by atoms with Crippen LogP contribution in [0, 0.1) is 0 Å². The molecule has 1 aromatic heterocycles. The smallest absolute Gasteiger partial charge is 0.254 e. The molecule has 3 aromatic rings. The molecule has 1 saturated heterocycles. The van der Waals surface area contributed by atoms with Crippen molar-refractivity contribution in [1.82, 2.24) is 14.9 Å². The van der Waals surface area contributed by atoms with E-state index in [1.165, 1.54) is 0 Å². The van der Waals surface area contributed by atoms with Gasteiger partial charge in [-0.3, -0.25) is 4.79 Å². The van der Waals surface area contributed by atoms with Crippen molar-refractivity contribution >= 4 is 22.6 Å². The molecule has 0 aliphatic carbocycles. The quantitative estimate of drug-likeness (QED) is 0.623. The van der Waals surface area contributed by atoms with E-state index in [1.54, 1.807) is 24.5 Å². The van der Waals surface area contributed by atoms with Crippen LogP contribution in [-0.4, -0.2) is 67.0 Å². The summed E-state index contributed by atoms with van der Waals surface area (Å²) in [6.45, 7) is 3.82. The minimum Gasteiger partial charge on any atom is -0.486 e. The predicted molar refractivity (Wildman–Crippen MR) is 111 cm³/mol. The molecule has 31 heavy (non-hydrogen) atoms. The number of nitrogens with zero attached hydrogens (tertiary/aromatic N) is 4. The first-order chi connectivity index (χ1) is 15.3. The lowest BCUT2D eigenvalue weighted by atomic mass is 10.1. The molecule has 0 saturated carbocycles. The molecule has 0 N–H and O–H groups in total. The fourth-order valence-electron chi connectivity index (χ4n) is 4.16. The van der Waals surface area contributed by atoms with Crippen LogP contribution in [0.1, 0.15) is 10.4 Å². The molecule has 158 valence electrons. The van der Waals surface area contributed by atoms with Gasteiger partial charge in [-0.05, 0) is 24.3 Å². The highest BCUT2D eigenvalue weighted by Gasteiger charge is 2.26. The number of carbonyl (C=O) groups excluding carboxylic acids is 1. The first-order valence-electron chi connectivity index (χ1n) is 10.2. The average molecular weight is 420 g/mol. The predicted octanol–water partition coefficient (Wildman–Crippen LogP) is 2.09. The summed E-state index contributed by atoms with van der Waals surface area (Å²) in [6.07, 6.45) is 1.57. The maximum absolute atomic E-state index is 13.0. The molecule has 0 bridgehead atoms. The Bertz CT molecular complexity index is 1180. The Balaban J connectivity index is 1.21. The molecule has 3 aliphatic rings. The summed E-state index contributed by atoms with van der Waals surface area (Å²) < 4.78 is 22.1.